The summed E-state index contributed by atoms with van der Waals surface area (Å²) in [5.41, 5.74) is 0.0866. The number of anilines is 2. The maximum absolute atomic E-state index is 14.7. The first-order valence-electron chi connectivity index (χ1n) is 11.4. The van der Waals surface area contributed by atoms with Gasteiger partial charge in [-0.15, -0.1) is 0 Å². The van der Waals surface area contributed by atoms with Gasteiger partial charge in [-0.3, -0.25) is 9.78 Å². The van der Waals surface area contributed by atoms with E-state index in [1.807, 2.05) is 19.1 Å². The SMILES string of the molecule is CCc1ccc(Nc2c(C(=O)N3CC(O)(CNCCc4ccncc4)C3)ccc(F)c2F)c(F)c1. The molecule has 0 bridgehead atoms. The fourth-order valence-electron chi connectivity index (χ4n) is 4.06. The molecule has 0 saturated carbocycles. The van der Waals surface area contributed by atoms with Crippen molar-refractivity contribution in [2.45, 2.75) is 25.4 Å². The molecule has 3 aromatic rings. The number of aromatic nitrogens is 1. The van der Waals surface area contributed by atoms with Gasteiger partial charge >= 0.3 is 0 Å². The van der Waals surface area contributed by atoms with Gasteiger partial charge in [0, 0.05) is 18.9 Å². The zero-order valence-corrected chi connectivity index (χ0v) is 19.3. The van der Waals surface area contributed by atoms with Gasteiger partial charge in [0.15, 0.2) is 11.6 Å². The lowest BCUT2D eigenvalue weighted by Crippen LogP contribution is -2.67. The first-order chi connectivity index (χ1) is 16.8. The van der Waals surface area contributed by atoms with Crippen molar-refractivity contribution >= 4 is 17.3 Å². The van der Waals surface area contributed by atoms with Crippen molar-refractivity contribution in [1.29, 1.82) is 0 Å². The standard InChI is InChI=1S/C26H27F3N4O2/c1-2-17-3-6-22(21(28)13-17)32-24-19(4-5-20(27)23(24)29)25(34)33-15-26(35,16-33)14-31-12-9-18-7-10-30-11-8-18/h3-8,10-11,13,31-32,35H,2,9,12,14-16H2,1H3. The number of carbonyl (C=O) groups is 1. The molecule has 2 heterocycles. The minimum absolute atomic E-state index is 0.0338. The van der Waals surface area contributed by atoms with Crippen molar-refractivity contribution in [2.24, 2.45) is 0 Å². The van der Waals surface area contributed by atoms with Crippen LogP contribution < -0.4 is 10.6 Å². The molecule has 35 heavy (non-hydrogen) atoms. The second-order valence-corrected chi connectivity index (χ2v) is 8.74. The molecule has 1 saturated heterocycles. The van der Waals surface area contributed by atoms with Crippen LogP contribution in [0.5, 0.6) is 0 Å². The molecule has 2 aromatic carbocycles. The van der Waals surface area contributed by atoms with Crippen LogP contribution in [0, 0.1) is 17.5 Å². The number of nitrogens with one attached hydrogen (secondary N) is 2. The zero-order chi connectivity index (χ0) is 25.0. The van der Waals surface area contributed by atoms with E-state index in [1.54, 1.807) is 18.5 Å². The van der Waals surface area contributed by atoms with Gasteiger partial charge in [0.2, 0.25) is 0 Å². The smallest absolute Gasteiger partial charge is 0.256 e. The number of pyridine rings is 1. The lowest BCUT2D eigenvalue weighted by Gasteiger charge is -2.46. The molecular formula is C26H27F3N4O2. The zero-order valence-electron chi connectivity index (χ0n) is 19.3. The van der Waals surface area contributed by atoms with Gasteiger partial charge in [0.25, 0.3) is 5.91 Å². The van der Waals surface area contributed by atoms with Crippen LogP contribution in [-0.4, -0.2) is 52.7 Å². The van der Waals surface area contributed by atoms with Crippen molar-refractivity contribution in [3.8, 4) is 0 Å². The summed E-state index contributed by atoms with van der Waals surface area (Å²) in [6.07, 6.45) is 4.81. The normalized spacial score (nSPS) is 14.5. The lowest BCUT2D eigenvalue weighted by molar-refractivity contribution is -0.0783. The van der Waals surface area contributed by atoms with Crippen LogP contribution >= 0.6 is 0 Å². The van der Waals surface area contributed by atoms with Crippen LogP contribution in [0.4, 0.5) is 24.5 Å². The summed E-state index contributed by atoms with van der Waals surface area (Å²) in [7, 11) is 0. The number of aliphatic hydroxyl groups is 1. The van der Waals surface area contributed by atoms with Gasteiger partial charge in [0.1, 0.15) is 11.4 Å². The summed E-state index contributed by atoms with van der Waals surface area (Å²) in [5.74, 6) is -3.66. The lowest BCUT2D eigenvalue weighted by atomic mass is 9.92. The van der Waals surface area contributed by atoms with Gasteiger partial charge in [-0.1, -0.05) is 13.0 Å². The number of benzene rings is 2. The topological polar surface area (TPSA) is 77.5 Å². The molecule has 0 radical (unpaired) electrons. The molecule has 1 amide bonds. The summed E-state index contributed by atoms with van der Waals surface area (Å²) in [4.78, 5) is 18.4. The Balaban J connectivity index is 1.40. The number of amides is 1. The highest BCUT2D eigenvalue weighted by molar-refractivity contribution is 6.01. The van der Waals surface area contributed by atoms with E-state index in [2.05, 4.69) is 15.6 Å². The van der Waals surface area contributed by atoms with Crippen molar-refractivity contribution in [3.05, 3.63) is 89.0 Å². The average molecular weight is 485 g/mol. The van der Waals surface area contributed by atoms with Crippen LogP contribution in [0.25, 0.3) is 0 Å². The maximum atomic E-state index is 14.7. The van der Waals surface area contributed by atoms with Crippen LogP contribution in [-0.2, 0) is 12.8 Å². The number of β-amino-alcohol motifs (C(OH)–C–C–N with tert-alkyl or cyclic N) is 1. The van der Waals surface area contributed by atoms with Crippen molar-refractivity contribution < 1.29 is 23.1 Å². The Labute approximate surface area is 201 Å². The molecule has 6 nitrogen and oxygen atoms in total. The van der Waals surface area contributed by atoms with E-state index in [1.165, 1.54) is 17.0 Å². The Morgan fingerprint density at radius 1 is 1.06 bits per heavy atom. The molecule has 0 aliphatic carbocycles. The first-order valence-corrected chi connectivity index (χ1v) is 11.4. The van der Waals surface area contributed by atoms with E-state index in [-0.39, 0.29) is 30.9 Å². The van der Waals surface area contributed by atoms with Gasteiger partial charge in [0.05, 0.1) is 30.0 Å². The Morgan fingerprint density at radius 3 is 2.49 bits per heavy atom. The highest BCUT2D eigenvalue weighted by atomic mass is 19.2. The average Bonchev–Trinajstić information content (AvgIpc) is 2.84. The predicted molar refractivity (Wildman–Crippen MR) is 127 cm³/mol. The Hall–Kier alpha value is -3.43. The molecule has 0 atom stereocenters. The molecule has 1 aromatic heterocycles. The summed E-state index contributed by atoms with van der Waals surface area (Å²) in [5, 5.41) is 16.4. The van der Waals surface area contributed by atoms with E-state index in [0.29, 0.717) is 13.0 Å². The monoisotopic (exact) mass is 484 g/mol. The maximum Gasteiger partial charge on any atom is 0.256 e. The fourth-order valence-corrected chi connectivity index (χ4v) is 4.06. The van der Waals surface area contributed by atoms with Gasteiger partial charge in [-0.2, -0.15) is 0 Å². The number of hydrogen-bond donors (Lipinski definition) is 3. The van der Waals surface area contributed by atoms with E-state index >= 15 is 0 Å². The summed E-state index contributed by atoms with van der Waals surface area (Å²) in [6, 6.07) is 10.2. The Morgan fingerprint density at radius 2 is 1.80 bits per heavy atom. The minimum Gasteiger partial charge on any atom is -0.385 e. The van der Waals surface area contributed by atoms with Gasteiger partial charge < -0.3 is 20.6 Å². The second-order valence-electron chi connectivity index (χ2n) is 8.74. The number of carbonyl (C=O) groups excluding carboxylic acids is 1. The minimum atomic E-state index is -1.27. The number of nitrogens with zero attached hydrogens (tertiary/aromatic N) is 2. The third-order valence-corrected chi connectivity index (χ3v) is 6.08. The van der Waals surface area contributed by atoms with Crippen LogP contribution in [0.15, 0.2) is 54.9 Å². The molecule has 1 aliphatic rings. The second kappa shape index (κ2) is 10.5. The van der Waals surface area contributed by atoms with Crippen molar-refractivity contribution in [1.82, 2.24) is 15.2 Å². The van der Waals surface area contributed by atoms with Crippen LogP contribution in [0.3, 0.4) is 0 Å². The van der Waals surface area contributed by atoms with Gasteiger partial charge in [-0.25, -0.2) is 13.2 Å². The van der Waals surface area contributed by atoms with E-state index in [9.17, 15) is 23.1 Å². The molecule has 1 aliphatic heterocycles. The highest BCUT2D eigenvalue weighted by Gasteiger charge is 2.44. The number of aryl methyl sites for hydroxylation is 1. The van der Waals surface area contributed by atoms with Crippen LogP contribution in [0.1, 0.15) is 28.4 Å². The number of likely N-dealkylation sites (tertiary alicyclic amines) is 1. The quantitative estimate of drug-likeness (QED) is 0.403. The molecule has 9 heteroatoms. The summed E-state index contributed by atoms with van der Waals surface area (Å²) in [6.45, 7) is 2.85. The summed E-state index contributed by atoms with van der Waals surface area (Å²) < 4.78 is 43.1. The molecule has 1 fully saturated rings. The predicted octanol–water partition coefficient (Wildman–Crippen LogP) is 3.82. The Kier molecular flexibility index (Phi) is 7.37. The molecule has 3 N–H and O–H groups in total. The number of halogens is 3. The van der Waals surface area contributed by atoms with E-state index in [4.69, 9.17) is 0 Å². The third-order valence-electron chi connectivity index (χ3n) is 6.08. The van der Waals surface area contributed by atoms with E-state index in [0.717, 1.165) is 29.7 Å². The van der Waals surface area contributed by atoms with Crippen LogP contribution in [0.2, 0.25) is 0 Å². The fraction of sp³-hybridized carbons (Fsp3) is 0.308. The first kappa shape index (κ1) is 24.7. The number of rotatable bonds is 9. The molecule has 184 valence electrons. The Bertz CT molecular complexity index is 1200. The van der Waals surface area contributed by atoms with Crippen molar-refractivity contribution in [3.63, 3.8) is 0 Å². The number of hydrogen-bond acceptors (Lipinski definition) is 5. The molecule has 4 rings (SSSR count). The third kappa shape index (κ3) is 5.63. The molecular weight excluding hydrogens is 457 g/mol. The van der Waals surface area contributed by atoms with E-state index < -0.39 is 34.6 Å². The molecule has 0 unspecified atom stereocenters. The summed E-state index contributed by atoms with van der Waals surface area (Å²) >= 11 is 0. The highest BCUT2D eigenvalue weighted by Crippen LogP contribution is 2.31. The largest absolute Gasteiger partial charge is 0.385 e. The van der Waals surface area contributed by atoms with Crippen molar-refractivity contribution in [2.75, 3.05) is 31.5 Å². The van der Waals surface area contributed by atoms with Gasteiger partial charge in [-0.05, 0) is 66.9 Å². The molecule has 0 spiro atoms.